The normalized spacial score (nSPS) is 13.8. The zero-order valence-corrected chi connectivity index (χ0v) is 13.6. The van der Waals surface area contributed by atoms with Gasteiger partial charge in [0.2, 0.25) is 5.91 Å². The topological polar surface area (TPSA) is 104 Å². The molecule has 0 aromatic carbocycles. The molecule has 124 valence electrons. The van der Waals surface area contributed by atoms with E-state index in [0.717, 1.165) is 0 Å². The molecular weight excluding hydrogens is 292 g/mol. The minimum Gasteiger partial charge on any atom is -0.478 e. The lowest BCUT2D eigenvalue weighted by molar-refractivity contribution is -0.155. The van der Waals surface area contributed by atoms with Gasteiger partial charge in [-0.3, -0.25) is 9.59 Å². The highest BCUT2D eigenvalue weighted by Crippen LogP contribution is 2.16. The van der Waals surface area contributed by atoms with Crippen molar-refractivity contribution in [3.05, 3.63) is 11.6 Å². The Kier molecular flexibility index (Phi) is 7.28. The van der Waals surface area contributed by atoms with E-state index in [4.69, 9.17) is 9.84 Å². The van der Waals surface area contributed by atoms with Crippen molar-refractivity contribution in [2.45, 2.75) is 20.0 Å². The lowest BCUT2D eigenvalue weighted by atomic mass is 9.99. The molecule has 0 aromatic rings. The molecule has 22 heavy (non-hydrogen) atoms. The Morgan fingerprint density at radius 3 is 1.77 bits per heavy atom. The average molecular weight is 314 g/mol. The Labute approximate surface area is 129 Å². The maximum absolute atomic E-state index is 12.1. The number of nitrogens with zero attached hydrogens (tertiary/aromatic N) is 2. The Hall–Kier alpha value is -2.38. The lowest BCUT2D eigenvalue weighted by Gasteiger charge is -2.21. The van der Waals surface area contributed by atoms with Gasteiger partial charge in [0.25, 0.3) is 5.91 Å². The van der Waals surface area contributed by atoms with Crippen LogP contribution in [-0.4, -0.2) is 73.0 Å². The number of hydrogen-bond donors (Lipinski definition) is 1. The molecule has 0 spiro atoms. The number of aliphatic carboxylic acids is 1. The van der Waals surface area contributed by atoms with Gasteiger partial charge in [-0.05, 0) is 13.8 Å². The van der Waals surface area contributed by atoms with Gasteiger partial charge in [0.15, 0.2) is 6.10 Å². The van der Waals surface area contributed by atoms with E-state index in [1.807, 2.05) is 0 Å². The molecule has 0 radical (unpaired) electrons. The second-order valence-electron chi connectivity index (χ2n) is 5.17. The molecule has 8 heteroatoms. The first-order chi connectivity index (χ1) is 9.98. The molecular formula is C14H22N2O6. The molecule has 1 N–H and O–H groups in total. The van der Waals surface area contributed by atoms with Gasteiger partial charge in [-0.2, -0.15) is 0 Å². The highest BCUT2D eigenvalue weighted by atomic mass is 16.5. The van der Waals surface area contributed by atoms with Crippen LogP contribution in [0.4, 0.5) is 0 Å². The van der Waals surface area contributed by atoms with Crippen molar-refractivity contribution in [3.8, 4) is 0 Å². The summed E-state index contributed by atoms with van der Waals surface area (Å²) in [6.07, 6.45) is -0.456. The number of amides is 2. The highest BCUT2D eigenvalue weighted by Gasteiger charge is 2.29. The van der Waals surface area contributed by atoms with E-state index in [9.17, 15) is 19.2 Å². The number of carbonyl (C=O) groups is 4. The number of ether oxygens (including phenoxy) is 1. The first kappa shape index (κ1) is 19.6. The fourth-order valence-corrected chi connectivity index (χ4v) is 1.66. The standard InChI is InChI=1S/C14H22N2O6/c1-8(12(19)15(3)4)10(7-11(17)18)14(21)22-9(2)13(20)16(5)6/h7-9H,1-6H3,(H,17,18)/t8-,9-/m0/s1. The molecule has 2 atom stereocenters. The largest absolute Gasteiger partial charge is 0.478 e. The third-order valence-electron chi connectivity index (χ3n) is 2.86. The summed E-state index contributed by atoms with van der Waals surface area (Å²) in [5.41, 5.74) is -0.315. The maximum Gasteiger partial charge on any atom is 0.335 e. The van der Waals surface area contributed by atoms with Gasteiger partial charge in [0, 0.05) is 34.3 Å². The summed E-state index contributed by atoms with van der Waals surface area (Å²) in [6, 6.07) is 0. The summed E-state index contributed by atoms with van der Waals surface area (Å²) in [5.74, 6) is -4.28. The van der Waals surface area contributed by atoms with Crippen LogP contribution in [0.5, 0.6) is 0 Å². The molecule has 0 aliphatic rings. The van der Waals surface area contributed by atoms with Crippen LogP contribution in [0.15, 0.2) is 11.6 Å². The molecule has 0 aromatic heterocycles. The first-order valence-electron chi connectivity index (χ1n) is 6.56. The Morgan fingerprint density at radius 2 is 1.41 bits per heavy atom. The van der Waals surface area contributed by atoms with Crippen molar-refractivity contribution in [2.24, 2.45) is 5.92 Å². The monoisotopic (exact) mass is 314 g/mol. The molecule has 0 aliphatic heterocycles. The number of rotatable bonds is 6. The van der Waals surface area contributed by atoms with Gasteiger partial charge in [-0.1, -0.05) is 0 Å². The van der Waals surface area contributed by atoms with E-state index < -0.39 is 35.8 Å². The molecule has 0 bridgehead atoms. The predicted molar refractivity (Wildman–Crippen MR) is 77.8 cm³/mol. The van der Waals surface area contributed by atoms with E-state index in [2.05, 4.69) is 0 Å². The minimum absolute atomic E-state index is 0.315. The van der Waals surface area contributed by atoms with Crippen molar-refractivity contribution >= 4 is 23.8 Å². The quantitative estimate of drug-likeness (QED) is 0.535. The van der Waals surface area contributed by atoms with Crippen LogP contribution in [0.1, 0.15) is 13.8 Å². The highest BCUT2D eigenvalue weighted by molar-refractivity contribution is 6.02. The minimum atomic E-state index is -1.38. The molecule has 0 heterocycles. The zero-order chi connectivity index (χ0) is 17.6. The predicted octanol–water partition coefficient (Wildman–Crippen LogP) is -0.258. The number of carboxylic acid groups (broad SMARTS) is 1. The summed E-state index contributed by atoms with van der Waals surface area (Å²) >= 11 is 0. The van der Waals surface area contributed by atoms with Gasteiger partial charge < -0.3 is 19.6 Å². The van der Waals surface area contributed by atoms with Crippen molar-refractivity contribution < 1.29 is 29.0 Å². The van der Waals surface area contributed by atoms with Gasteiger partial charge in [-0.25, -0.2) is 9.59 Å². The van der Waals surface area contributed by atoms with Crippen LogP contribution in [0.25, 0.3) is 0 Å². The summed E-state index contributed by atoms with van der Waals surface area (Å²) in [6.45, 7) is 2.77. The molecule has 0 rings (SSSR count). The van der Waals surface area contributed by atoms with Crippen molar-refractivity contribution in [1.82, 2.24) is 9.80 Å². The SMILES string of the molecule is C[C@H](C(=O)N(C)C)C(=CC(=O)O)C(=O)O[C@@H](C)C(=O)N(C)C. The Morgan fingerprint density at radius 1 is 0.955 bits per heavy atom. The second-order valence-corrected chi connectivity index (χ2v) is 5.17. The molecule has 0 fully saturated rings. The van der Waals surface area contributed by atoms with Crippen LogP contribution in [0, 0.1) is 5.92 Å². The van der Waals surface area contributed by atoms with Crippen molar-refractivity contribution in [3.63, 3.8) is 0 Å². The van der Waals surface area contributed by atoms with Crippen LogP contribution in [0.3, 0.4) is 0 Å². The number of hydrogen-bond acceptors (Lipinski definition) is 5. The Balaban J connectivity index is 5.31. The van der Waals surface area contributed by atoms with Crippen molar-refractivity contribution in [2.75, 3.05) is 28.2 Å². The summed E-state index contributed by atoms with van der Waals surface area (Å²) in [5, 5.41) is 8.85. The molecule has 0 aliphatic carbocycles. The number of esters is 1. The van der Waals surface area contributed by atoms with Gasteiger partial charge in [-0.15, -0.1) is 0 Å². The van der Waals surface area contributed by atoms with E-state index in [1.165, 1.54) is 51.8 Å². The first-order valence-corrected chi connectivity index (χ1v) is 6.56. The van der Waals surface area contributed by atoms with E-state index in [-0.39, 0.29) is 5.57 Å². The molecule has 8 nitrogen and oxygen atoms in total. The second kappa shape index (κ2) is 8.16. The van der Waals surface area contributed by atoms with E-state index >= 15 is 0 Å². The zero-order valence-electron chi connectivity index (χ0n) is 13.6. The molecule has 0 unspecified atom stereocenters. The van der Waals surface area contributed by atoms with Crippen LogP contribution >= 0.6 is 0 Å². The van der Waals surface area contributed by atoms with E-state index in [1.54, 1.807) is 0 Å². The number of carbonyl (C=O) groups excluding carboxylic acids is 3. The molecule has 0 saturated carbocycles. The van der Waals surface area contributed by atoms with Crippen LogP contribution in [0.2, 0.25) is 0 Å². The van der Waals surface area contributed by atoms with Gasteiger partial charge in [0.1, 0.15) is 0 Å². The van der Waals surface area contributed by atoms with E-state index in [0.29, 0.717) is 6.08 Å². The number of likely N-dealkylation sites (N-methyl/N-ethyl adjacent to an activating group) is 1. The summed E-state index contributed by atoms with van der Waals surface area (Å²) in [7, 11) is 5.97. The molecule has 0 saturated heterocycles. The fourth-order valence-electron chi connectivity index (χ4n) is 1.66. The average Bonchev–Trinajstić information content (AvgIpc) is 2.41. The smallest absolute Gasteiger partial charge is 0.335 e. The third kappa shape index (κ3) is 5.55. The summed E-state index contributed by atoms with van der Waals surface area (Å²) in [4.78, 5) is 49.0. The van der Waals surface area contributed by atoms with Gasteiger partial charge in [0.05, 0.1) is 11.5 Å². The fraction of sp³-hybridized carbons (Fsp3) is 0.571. The number of carboxylic acids is 1. The van der Waals surface area contributed by atoms with Crippen molar-refractivity contribution in [1.29, 1.82) is 0 Å². The summed E-state index contributed by atoms with van der Waals surface area (Å²) < 4.78 is 4.96. The van der Waals surface area contributed by atoms with Gasteiger partial charge >= 0.3 is 11.9 Å². The molecule has 2 amide bonds. The van der Waals surface area contributed by atoms with Crippen LogP contribution < -0.4 is 0 Å². The van der Waals surface area contributed by atoms with Crippen LogP contribution in [-0.2, 0) is 23.9 Å². The third-order valence-corrected chi connectivity index (χ3v) is 2.86. The lowest BCUT2D eigenvalue weighted by Crippen LogP contribution is -2.37. The Bertz CT molecular complexity index is 496. The maximum atomic E-state index is 12.1.